The first kappa shape index (κ1) is 26.1. The van der Waals surface area contributed by atoms with Gasteiger partial charge in [0, 0.05) is 35.5 Å². The average molecular weight is 509 g/mol. The van der Waals surface area contributed by atoms with Crippen LogP contribution >= 0.6 is 0 Å². The second-order valence-corrected chi connectivity index (χ2v) is 9.75. The molecule has 0 aromatic heterocycles. The van der Waals surface area contributed by atoms with Crippen molar-refractivity contribution in [2.24, 2.45) is 0 Å². The molecule has 0 saturated heterocycles. The molecule has 0 saturated carbocycles. The van der Waals surface area contributed by atoms with E-state index in [1.54, 1.807) is 0 Å². The Morgan fingerprint density at radius 2 is 0.718 bits per heavy atom. The van der Waals surface area contributed by atoms with E-state index in [0.29, 0.717) is 0 Å². The second-order valence-electron chi connectivity index (χ2n) is 9.75. The smallest absolute Gasteiger partial charge is 0.0462 e. The Kier molecular flexibility index (Phi) is 8.89. The minimum Gasteiger partial charge on any atom is -0.345 e. The minimum absolute atomic E-state index is 1.14. The first-order valence-corrected chi connectivity index (χ1v) is 13.8. The van der Waals surface area contributed by atoms with Gasteiger partial charge in [-0.15, -0.1) is 0 Å². The number of benzene rings is 5. The Labute approximate surface area is 233 Å². The quantitative estimate of drug-likeness (QED) is 0.210. The molecule has 0 atom stereocenters. The molecule has 194 valence electrons. The number of para-hydroxylation sites is 3. The molecule has 0 N–H and O–H groups in total. The number of allylic oxidation sites excluding steroid dienone is 2. The van der Waals surface area contributed by atoms with E-state index in [1.807, 2.05) is 6.07 Å². The van der Waals surface area contributed by atoms with Crippen LogP contribution in [0.2, 0.25) is 0 Å². The molecular weight excluding hydrogens is 472 g/mol. The van der Waals surface area contributed by atoms with Crippen LogP contribution in [0.5, 0.6) is 0 Å². The molecule has 0 bridgehead atoms. The zero-order valence-electron chi connectivity index (χ0n) is 22.7. The molecule has 0 fully saturated rings. The molecule has 2 heteroatoms. The predicted octanol–water partition coefficient (Wildman–Crippen LogP) is 10.7. The number of anilines is 5. The Morgan fingerprint density at radius 1 is 0.385 bits per heavy atom. The third kappa shape index (κ3) is 6.86. The van der Waals surface area contributed by atoms with Gasteiger partial charge in [0.25, 0.3) is 0 Å². The van der Waals surface area contributed by atoms with E-state index in [1.165, 1.54) is 48.2 Å². The van der Waals surface area contributed by atoms with Gasteiger partial charge in [-0.25, -0.2) is 0 Å². The zero-order valence-corrected chi connectivity index (χ0v) is 22.7. The third-order valence-electron chi connectivity index (χ3n) is 7.04. The Bertz CT molecular complexity index is 1380. The Balaban J connectivity index is 0.000000455. The van der Waals surface area contributed by atoms with Crippen molar-refractivity contribution < 1.29 is 0 Å². The summed E-state index contributed by atoms with van der Waals surface area (Å²) in [6, 6.07) is 48.9. The maximum Gasteiger partial charge on any atom is 0.0462 e. The standard InChI is InChI=1S/C31H26N2.C6H10/c1-32(27-11-5-2-6-12-27)28-21-17-25(18-22-28)26-19-23-31(24-20-26)33(29-13-7-3-8-14-29)30-15-9-4-10-16-30;1-2-4-6-5-3-1/h2-24H,1H3;1-2H,3-6H2. The zero-order chi connectivity index (χ0) is 26.7. The normalized spacial score (nSPS) is 12.2. The summed E-state index contributed by atoms with van der Waals surface area (Å²) in [4.78, 5) is 4.48. The Hall–Kier alpha value is -4.56. The molecule has 0 heterocycles. The van der Waals surface area contributed by atoms with Crippen LogP contribution in [0, 0.1) is 0 Å². The molecular formula is C37H36N2. The summed E-state index contributed by atoms with van der Waals surface area (Å²) in [5.74, 6) is 0. The predicted molar refractivity (Wildman–Crippen MR) is 169 cm³/mol. The van der Waals surface area contributed by atoms with Gasteiger partial charge >= 0.3 is 0 Å². The molecule has 1 aliphatic rings. The number of rotatable bonds is 6. The van der Waals surface area contributed by atoms with E-state index in [9.17, 15) is 0 Å². The summed E-state index contributed by atoms with van der Waals surface area (Å²) in [6.07, 6.45) is 10.0. The highest BCUT2D eigenvalue weighted by molar-refractivity contribution is 5.78. The van der Waals surface area contributed by atoms with Crippen molar-refractivity contribution >= 4 is 28.4 Å². The van der Waals surface area contributed by atoms with Gasteiger partial charge in [-0.2, -0.15) is 0 Å². The number of hydrogen-bond acceptors (Lipinski definition) is 2. The molecule has 39 heavy (non-hydrogen) atoms. The largest absolute Gasteiger partial charge is 0.345 e. The van der Waals surface area contributed by atoms with Crippen molar-refractivity contribution in [2.45, 2.75) is 25.7 Å². The lowest BCUT2D eigenvalue weighted by molar-refractivity contribution is 0.730. The van der Waals surface area contributed by atoms with E-state index in [-0.39, 0.29) is 0 Å². The molecule has 5 aromatic carbocycles. The lowest BCUT2D eigenvalue weighted by Crippen LogP contribution is -2.09. The molecule has 0 amide bonds. The third-order valence-corrected chi connectivity index (χ3v) is 7.04. The number of hydrogen-bond donors (Lipinski definition) is 0. The highest BCUT2D eigenvalue weighted by Crippen LogP contribution is 2.35. The molecule has 0 aliphatic heterocycles. The van der Waals surface area contributed by atoms with Crippen LogP contribution in [0.25, 0.3) is 11.1 Å². The highest BCUT2D eigenvalue weighted by atomic mass is 15.1. The summed E-state index contributed by atoms with van der Waals surface area (Å²) < 4.78 is 0. The van der Waals surface area contributed by atoms with Crippen LogP contribution < -0.4 is 9.80 Å². The molecule has 0 radical (unpaired) electrons. The summed E-state index contributed by atoms with van der Waals surface area (Å²) in [7, 11) is 2.10. The maximum absolute atomic E-state index is 2.28. The van der Waals surface area contributed by atoms with Gasteiger partial charge < -0.3 is 9.80 Å². The highest BCUT2D eigenvalue weighted by Gasteiger charge is 2.12. The van der Waals surface area contributed by atoms with Gasteiger partial charge in [-0.3, -0.25) is 0 Å². The SMILES string of the molecule is C1=CCCCC1.CN(c1ccccc1)c1ccc(-c2ccc(N(c3ccccc3)c3ccccc3)cc2)cc1. The maximum atomic E-state index is 2.28. The molecule has 6 rings (SSSR count). The van der Waals surface area contributed by atoms with E-state index >= 15 is 0 Å². The lowest BCUT2D eigenvalue weighted by Gasteiger charge is -2.25. The fourth-order valence-electron chi connectivity index (χ4n) is 4.84. The molecule has 0 spiro atoms. The first-order valence-electron chi connectivity index (χ1n) is 13.8. The molecule has 0 unspecified atom stereocenters. The topological polar surface area (TPSA) is 6.48 Å². The van der Waals surface area contributed by atoms with Crippen LogP contribution in [0.15, 0.2) is 152 Å². The monoisotopic (exact) mass is 508 g/mol. The van der Waals surface area contributed by atoms with Crippen LogP contribution in [0.1, 0.15) is 25.7 Å². The van der Waals surface area contributed by atoms with Crippen molar-refractivity contribution in [3.05, 3.63) is 152 Å². The van der Waals surface area contributed by atoms with E-state index in [0.717, 1.165) is 17.1 Å². The van der Waals surface area contributed by atoms with E-state index in [2.05, 4.69) is 162 Å². The van der Waals surface area contributed by atoms with Crippen molar-refractivity contribution in [2.75, 3.05) is 16.8 Å². The molecule has 5 aromatic rings. The Morgan fingerprint density at radius 3 is 1.10 bits per heavy atom. The van der Waals surface area contributed by atoms with Gasteiger partial charge in [0.2, 0.25) is 0 Å². The van der Waals surface area contributed by atoms with Gasteiger partial charge in [0.1, 0.15) is 0 Å². The van der Waals surface area contributed by atoms with Gasteiger partial charge in [-0.1, -0.05) is 91.0 Å². The van der Waals surface area contributed by atoms with Crippen molar-refractivity contribution in [3.63, 3.8) is 0 Å². The van der Waals surface area contributed by atoms with Crippen molar-refractivity contribution in [1.82, 2.24) is 0 Å². The van der Waals surface area contributed by atoms with E-state index < -0.39 is 0 Å². The van der Waals surface area contributed by atoms with E-state index in [4.69, 9.17) is 0 Å². The van der Waals surface area contributed by atoms with Gasteiger partial charge in [0.05, 0.1) is 0 Å². The fourth-order valence-corrected chi connectivity index (χ4v) is 4.84. The van der Waals surface area contributed by atoms with Crippen LogP contribution in [-0.4, -0.2) is 7.05 Å². The fraction of sp³-hybridized carbons (Fsp3) is 0.135. The second kappa shape index (κ2) is 13.3. The van der Waals surface area contributed by atoms with Gasteiger partial charge in [0.15, 0.2) is 0 Å². The average Bonchev–Trinajstić information content (AvgIpc) is 3.04. The first-order chi connectivity index (χ1) is 19.3. The summed E-state index contributed by atoms with van der Waals surface area (Å²) in [5.41, 5.74) is 8.18. The number of nitrogens with zero attached hydrogens (tertiary/aromatic N) is 2. The van der Waals surface area contributed by atoms with Crippen LogP contribution in [0.3, 0.4) is 0 Å². The summed E-state index contributed by atoms with van der Waals surface area (Å²) in [5, 5.41) is 0. The molecule has 2 nitrogen and oxygen atoms in total. The van der Waals surface area contributed by atoms with Crippen molar-refractivity contribution in [1.29, 1.82) is 0 Å². The minimum atomic E-state index is 1.14. The lowest BCUT2D eigenvalue weighted by atomic mass is 10.0. The summed E-state index contributed by atoms with van der Waals surface area (Å²) >= 11 is 0. The van der Waals surface area contributed by atoms with Crippen LogP contribution in [-0.2, 0) is 0 Å². The van der Waals surface area contributed by atoms with Crippen LogP contribution in [0.4, 0.5) is 28.4 Å². The van der Waals surface area contributed by atoms with Gasteiger partial charge in [-0.05, 0) is 97.5 Å². The summed E-state index contributed by atoms with van der Waals surface area (Å²) in [6.45, 7) is 0. The molecule has 1 aliphatic carbocycles. The van der Waals surface area contributed by atoms with Crippen molar-refractivity contribution in [3.8, 4) is 11.1 Å².